The lowest BCUT2D eigenvalue weighted by Crippen LogP contribution is -2.46. The van der Waals surface area contributed by atoms with Crippen LogP contribution in [0.4, 0.5) is 0 Å². The van der Waals surface area contributed by atoms with Gasteiger partial charge in [-0.1, -0.05) is 13.3 Å². The average molecular weight is 223 g/mol. The highest BCUT2D eigenvalue weighted by atomic mass is 15.2. The van der Waals surface area contributed by atoms with Gasteiger partial charge in [0.05, 0.1) is 6.07 Å². The molecular weight excluding hydrogens is 198 g/mol. The Morgan fingerprint density at radius 1 is 1.44 bits per heavy atom. The number of rotatable bonds is 6. The van der Waals surface area contributed by atoms with Crippen LogP contribution in [0.3, 0.4) is 0 Å². The van der Waals surface area contributed by atoms with Crippen LogP contribution in [-0.4, -0.2) is 30.6 Å². The third-order valence-electron chi connectivity index (χ3n) is 3.78. The van der Waals surface area contributed by atoms with Crippen molar-refractivity contribution in [2.45, 2.75) is 51.5 Å². The predicted octanol–water partition coefficient (Wildman–Crippen LogP) is 2.13. The lowest BCUT2D eigenvalue weighted by Gasteiger charge is -2.38. The SMILES string of the molecule is CCC1CCN(CCCCC#N)C(CN)C1. The molecule has 0 amide bonds. The van der Waals surface area contributed by atoms with Gasteiger partial charge in [-0.2, -0.15) is 5.26 Å². The molecule has 16 heavy (non-hydrogen) atoms. The van der Waals surface area contributed by atoms with Gasteiger partial charge < -0.3 is 5.73 Å². The molecule has 1 aliphatic rings. The van der Waals surface area contributed by atoms with Gasteiger partial charge in [0.25, 0.3) is 0 Å². The number of nitrogens with two attached hydrogens (primary N) is 1. The van der Waals surface area contributed by atoms with Crippen molar-refractivity contribution >= 4 is 0 Å². The topological polar surface area (TPSA) is 53.0 Å². The second-order valence-corrected chi connectivity index (χ2v) is 4.84. The van der Waals surface area contributed by atoms with E-state index in [1.807, 2.05) is 0 Å². The summed E-state index contributed by atoms with van der Waals surface area (Å²) in [4.78, 5) is 2.53. The van der Waals surface area contributed by atoms with Crippen molar-refractivity contribution in [3.8, 4) is 6.07 Å². The predicted molar refractivity (Wildman–Crippen MR) is 66.9 cm³/mol. The molecule has 2 atom stereocenters. The van der Waals surface area contributed by atoms with Crippen molar-refractivity contribution in [1.82, 2.24) is 4.90 Å². The van der Waals surface area contributed by atoms with E-state index in [4.69, 9.17) is 11.0 Å². The fraction of sp³-hybridized carbons (Fsp3) is 0.923. The van der Waals surface area contributed by atoms with Gasteiger partial charge in [0.2, 0.25) is 0 Å². The molecule has 0 aliphatic carbocycles. The van der Waals surface area contributed by atoms with Gasteiger partial charge in [-0.3, -0.25) is 4.90 Å². The first kappa shape index (κ1) is 13.5. The van der Waals surface area contributed by atoms with Gasteiger partial charge in [-0.25, -0.2) is 0 Å². The molecule has 1 rings (SSSR count). The Hall–Kier alpha value is -0.590. The molecule has 0 bridgehead atoms. The number of piperidine rings is 1. The maximum atomic E-state index is 8.48. The number of likely N-dealkylation sites (tertiary alicyclic amines) is 1. The second-order valence-electron chi connectivity index (χ2n) is 4.84. The van der Waals surface area contributed by atoms with Crippen molar-refractivity contribution in [3.63, 3.8) is 0 Å². The average Bonchev–Trinajstić information content (AvgIpc) is 2.34. The number of hydrogen-bond donors (Lipinski definition) is 1. The number of nitrogens with zero attached hydrogens (tertiary/aromatic N) is 2. The summed E-state index contributed by atoms with van der Waals surface area (Å²) < 4.78 is 0. The van der Waals surface area contributed by atoms with E-state index in [1.54, 1.807) is 0 Å². The van der Waals surface area contributed by atoms with E-state index < -0.39 is 0 Å². The van der Waals surface area contributed by atoms with Gasteiger partial charge in [0.15, 0.2) is 0 Å². The molecule has 3 nitrogen and oxygen atoms in total. The molecule has 1 saturated heterocycles. The largest absolute Gasteiger partial charge is 0.329 e. The molecule has 92 valence electrons. The summed E-state index contributed by atoms with van der Waals surface area (Å²) in [5, 5.41) is 8.48. The van der Waals surface area contributed by atoms with Crippen LogP contribution in [0.1, 0.15) is 45.4 Å². The molecule has 1 fully saturated rings. The molecule has 0 saturated carbocycles. The van der Waals surface area contributed by atoms with Gasteiger partial charge in [-0.15, -0.1) is 0 Å². The van der Waals surface area contributed by atoms with Gasteiger partial charge in [0, 0.05) is 19.0 Å². The van der Waals surface area contributed by atoms with Crippen molar-refractivity contribution < 1.29 is 0 Å². The quantitative estimate of drug-likeness (QED) is 0.702. The van der Waals surface area contributed by atoms with Crippen molar-refractivity contribution in [3.05, 3.63) is 0 Å². The minimum absolute atomic E-state index is 0.584. The normalized spacial score (nSPS) is 26.6. The van der Waals surface area contributed by atoms with Crippen LogP contribution in [0.25, 0.3) is 0 Å². The maximum Gasteiger partial charge on any atom is 0.0621 e. The second kappa shape index (κ2) is 7.65. The van der Waals surface area contributed by atoms with Crippen LogP contribution in [0.5, 0.6) is 0 Å². The van der Waals surface area contributed by atoms with E-state index in [0.717, 1.165) is 31.8 Å². The van der Waals surface area contributed by atoms with Gasteiger partial charge in [-0.05, 0) is 44.7 Å². The molecule has 2 N–H and O–H groups in total. The summed E-state index contributed by atoms with van der Waals surface area (Å²) in [5.74, 6) is 0.879. The van der Waals surface area contributed by atoms with E-state index >= 15 is 0 Å². The summed E-state index contributed by atoms with van der Waals surface area (Å²) in [6, 6.07) is 2.79. The molecule has 3 heteroatoms. The van der Waals surface area contributed by atoms with Crippen LogP contribution in [-0.2, 0) is 0 Å². The van der Waals surface area contributed by atoms with Crippen LogP contribution in [0, 0.1) is 17.2 Å². The lowest BCUT2D eigenvalue weighted by molar-refractivity contribution is 0.113. The van der Waals surface area contributed by atoms with E-state index in [-0.39, 0.29) is 0 Å². The first-order chi connectivity index (χ1) is 7.81. The van der Waals surface area contributed by atoms with Gasteiger partial charge in [0.1, 0.15) is 0 Å². The molecule has 2 unspecified atom stereocenters. The Bertz CT molecular complexity index is 222. The summed E-state index contributed by atoms with van der Waals surface area (Å²) in [5.41, 5.74) is 5.85. The van der Waals surface area contributed by atoms with Crippen molar-refractivity contribution in [2.75, 3.05) is 19.6 Å². The highest BCUT2D eigenvalue weighted by molar-refractivity contribution is 4.82. The van der Waals surface area contributed by atoms with Crippen LogP contribution in [0.2, 0.25) is 0 Å². The highest BCUT2D eigenvalue weighted by Gasteiger charge is 2.25. The monoisotopic (exact) mass is 223 g/mol. The van der Waals surface area contributed by atoms with E-state index in [0.29, 0.717) is 12.5 Å². The van der Waals surface area contributed by atoms with E-state index in [2.05, 4.69) is 17.9 Å². The standard InChI is InChI=1S/C13H25N3/c1-2-12-6-9-16(13(10-12)11-15)8-5-3-4-7-14/h12-13H,2-6,8-11,15H2,1H3. The number of hydrogen-bond acceptors (Lipinski definition) is 3. The Morgan fingerprint density at radius 2 is 2.25 bits per heavy atom. The zero-order valence-corrected chi connectivity index (χ0v) is 10.5. The Balaban J connectivity index is 2.27. The van der Waals surface area contributed by atoms with Crippen LogP contribution >= 0.6 is 0 Å². The third kappa shape index (κ3) is 4.11. The first-order valence-corrected chi connectivity index (χ1v) is 6.62. The fourth-order valence-corrected chi connectivity index (χ4v) is 2.61. The van der Waals surface area contributed by atoms with Crippen molar-refractivity contribution in [2.24, 2.45) is 11.7 Å². The molecule has 0 spiro atoms. The van der Waals surface area contributed by atoms with Crippen LogP contribution in [0.15, 0.2) is 0 Å². The Labute approximate surface area is 99.6 Å². The minimum atomic E-state index is 0.584. The number of nitriles is 1. The van der Waals surface area contributed by atoms with Gasteiger partial charge >= 0.3 is 0 Å². The van der Waals surface area contributed by atoms with Crippen LogP contribution < -0.4 is 5.73 Å². The summed E-state index contributed by atoms with van der Waals surface area (Å²) in [7, 11) is 0. The smallest absolute Gasteiger partial charge is 0.0621 e. The summed E-state index contributed by atoms with van der Waals surface area (Å²) in [6.07, 6.45) is 6.75. The Morgan fingerprint density at radius 3 is 2.88 bits per heavy atom. The van der Waals surface area contributed by atoms with E-state index in [1.165, 1.54) is 25.8 Å². The molecule has 0 aromatic carbocycles. The first-order valence-electron chi connectivity index (χ1n) is 6.62. The molecular formula is C13H25N3. The third-order valence-corrected chi connectivity index (χ3v) is 3.78. The highest BCUT2D eigenvalue weighted by Crippen LogP contribution is 2.25. The Kier molecular flexibility index (Phi) is 6.44. The minimum Gasteiger partial charge on any atom is -0.329 e. The summed E-state index contributed by atoms with van der Waals surface area (Å²) in [6.45, 7) is 5.39. The molecule has 1 aliphatic heterocycles. The molecule has 1 heterocycles. The number of unbranched alkanes of at least 4 members (excludes halogenated alkanes) is 2. The molecule has 0 aromatic rings. The fourth-order valence-electron chi connectivity index (χ4n) is 2.61. The zero-order chi connectivity index (χ0) is 11.8. The molecule has 0 radical (unpaired) electrons. The zero-order valence-electron chi connectivity index (χ0n) is 10.5. The van der Waals surface area contributed by atoms with Crippen molar-refractivity contribution in [1.29, 1.82) is 5.26 Å². The van der Waals surface area contributed by atoms with E-state index in [9.17, 15) is 0 Å². The maximum absolute atomic E-state index is 8.48. The lowest BCUT2D eigenvalue weighted by atomic mass is 9.89. The summed E-state index contributed by atoms with van der Waals surface area (Å²) >= 11 is 0. The molecule has 0 aromatic heterocycles.